The van der Waals surface area contributed by atoms with Crippen LogP contribution in [0.5, 0.6) is 0 Å². The summed E-state index contributed by atoms with van der Waals surface area (Å²) in [4.78, 5) is 13.9. The molecule has 1 saturated heterocycles. The average molecular weight is 210 g/mol. The Morgan fingerprint density at radius 3 is 2.43 bits per heavy atom. The molecular formula is C10H14N2OS. The number of rotatable bonds is 1. The van der Waals surface area contributed by atoms with Gasteiger partial charge in [0.2, 0.25) is 5.91 Å². The number of nitriles is 1. The van der Waals surface area contributed by atoms with Gasteiger partial charge in [0.15, 0.2) is 0 Å². The van der Waals surface area contributed by atoms with Crippen LogP contribution < -0.4 is 0 Å². The largest absolute Gasteiger partial charge is 0.340 e. The summed E-state index contributed by atoms with van der Waals surface area (Å²) in [6.45, 7) is 1.65. The maximum atomic E-state index is 12.0. The average Bonchev–Trinajstić information content (AvgIpc) is 2.18. The molecule has 14 heavy (non-hydrogen) atoms. The van der Waals surface area contributed by atoms with Gasteiger partial charge in [-0.25, -0.2) is 0 Å². The van der Waals surface area contributed by atoms with Crippen molar-refractivity contribution in [1.82, 2.24) is 4.90 Å². The molecule has 0 bridgehead atoms. The third-order valence-electron chi connectivity index (χ3n) is 3.13. The summed E-state index contributed by atoms with van der Waals surface area (Å²) in [6.07, 6.45) is 2.57. The fourth-order valence-electron chi connectivity index (χ4n) is 1.97. The smallest absolute Gasteiger partial charge is 0.243 e. The number of amides is 1. The van der Waals surface area contributed by atoms with Crippen LogP contribution in [0.1, 0.15) is 19.3 Å². The molecule has 1 saturated carbocycles. The minimum atomic E-state index is -0.637. The summed E-state index contributed by atoms with van der Waals surface area (Å²) < 4.78 is 0. The van der Waals surface area contributed by atoms with Crippen molar-refractivity contribution in [1.29, 1.82) is 5.26 Å². The second kappa shape index (κ2) is 3.82. The Bertz CT molecular complexity index is 274. The van der Waals surface area contributed by atoms with Gasteiger partial charge in [0.25, 0.3) is 0 Å². The van der Waals surface area contributed by atoms with Crippen LogP contribution in [0.25, 0.3) is 0 Å². The SMILES string of the molecule is N#CC1(C(=O)N2CCSCC2)CCC1. The molecule has 0 unspecified atom stereocenters. The van der Waals surface area contributed by atoms with Crippen LogP contribution >= 0.6 is 11.8 Å². The highest BCUT2D eigenvalue weighted by molar-refractivity contribution is 7.99. The summed E-state index contributed by atoms with van der Waals surface area (Å²) in [5.74, 6) is 2.13. The first-order valence-corrected chi connectivity index (χ1v) is 6.22. The van der Waals surface area contributed by atoms with Gasteiger partial charge in [0, 0.05) is 24.6 Å². The summed E-state index contributed by atoms with van der Waals surface area (Å²) in [5.41, 5.74) is -0.637. The number of carbonyl (C=O) groups is 1. The van der Waals surface area contributed by atoms with E-state index in [9.17, 15) is 4.79 Å². The van der Waals surface area contributed by atoms with Crippen LogP contribution in [0.15, 0.2) is 0 Å². The summed E-state index contributed by atoms with van der Waals surface area (Å²) in [7, 11) is 0. The lowest BCUT2D eigenvalue weighted by Crippen LogP contribution is -2.49. The van der Waals surface area contributed by atoms with Gasteiger partial charge < -0.3 is 4.90 Å². The lowest BCUT2D eigenvalue weighted by molar-refractivity contribution is -0.142. The van der Waals surface area contributed by atoms with Gasteiger partial charge >= 0.3 is 0 Å². The van der Waals surface area contributed by atoms with Gasteiger partial charge in [-0.3, -0.25) is 4.79 Å². The molecule has 3 nitrogen and oxygen atoms in total. The molecule has 1 aliphatic carbocycles. The highest BCUT2D eigenvalue weighted by Crippen LogP contribution is 2.42. The topological polar surface area (TPSA) is 44.1 Å². The highest BCUT2D eigenvalue weighted by atomic mass is 32.2. The van der Waals surface area contributed by atoms with E-state index in [0.29, 0.717) is 0 Å². The van der Waals surface area contributed by atoms with E-state index in [1.807, 2.05) is 16.7 Å². The van der Waals surface area contributed by atoms with E-state index < -0.39 is 5.41 Å². The molecule has 76 valence electrons. The zero-order valence-electron chi connectivity index (χ0n) is 8.16. The van der Waals surface area contributed by atoms with Crippen molar-refractivity contribution in [2.75, 3.05) is 24.6 Å². The Morgan fingerprint density at radius 2 is 2.00 bits per heavy atom. The number of hydrogen-bond acceptors (Lipinski definition) is 3. The molecule has 0 radical (unpaired) electrons. The van der Waals surface area contributed by atoms with Crippen molar-refractivity contribution < 1.29 is 4.79 Å². The van der Waals surface area contributed by atoms with E-state index in [1.165, 1.54) is 0 Å². The molecular weight excluding hydrogens is 196 g/mol. The number of carbonyl (C=O) groups excluding carboxylic acids is 1. The quantitative estimate of drug-likeness (QED) is 0.654. The van der Waals surface area contributed by atoms with E-state index >= 15 is 0 Å². The predicted octanol–water partition coefficient (Wildman–Crippen LogP) is 1.26. The van der Waals surface area contributed by atoms with Crippen LogP contribution in [0.3, 0.4) is 0 Å². The summed E-state index contributed by atoms with van der Waals surface area (Å²) in [6, 6.07) is 2.21. The third-order valence-corrected chi connectivity index (χ3v) is 4.07. The first-order chi connectivity index (χ1) is 6.78. The fourth-order valence-corrected chi connectivity index (χ4v) is 2.88. The van der Waals surface area contributed by atoms with Crippen molar-refractivity contribution in [2.45, 2.75) is 19.3 Å². The Balaban J connectivity index is 2.03. The lowest BCUT2D eigenvalue weighted by Gasteiger charge is -2.39. The standard InChI is InChI=1S/C10H14N2OS/c11-8-10(2-1-3-10)9(13)12-4-6-14-7-5-12/h1-7H2. The normalized spacial score (nSPS) is 24.9. The molecule has 0 aromatic carbocycles. The number of nitrogens with zero attached hydrogens (tertiary/aromatic N) is 2. The van der Waals surface area contributed by atoms with Gasteiger partial charge in [0.1, 0.15) is 5.41 Å². The maximum absolute atomic E-state index is 12.0. The van der Waals surface area contributed by atoms with Crippen molar-refractivity contribution in [3.8, 4) is 6.07 Å². The molecule has 1 aliphatic heterocycles. The van der Waals surface area contributed by atoms with Crippen LogP contribution in [0.4, 0.5) is 0 Å². The Hall–Kier alpha value is -0.690. The van der Waals surface area contributed by atoms with E-state index in [4.69, 9.17) is 5.26 Å². The third kappa shape index (κ3) is 1.50. The Kier molecular flexibility index (Phi) is 2.69. The van der Waals surface area contributed by atoms with Crippen molar-refractivity contribution >= 4 is 17.7 Å². The molecule has 0 spiro atoms. The van der Waals surface area contributed by atoms with Gasteiger partial charge in [-0.15, -0.1) is 0 Å². The van der Waals surface area contributed by atoms with Crippen molar-refractivity contribution in [3.05, 3.63) is 0 Å². The molecule has 0 atom stereocenters. The second-order valence-electron chi connectivity index (χ2n) is 3.95. The van der Waals surface area contributed by atoms with E-state index in [0.717, 1.165) is 43.9 Å². The van der Waals surface area contributed by atoms with Crippen LogP contribution in [-0.2, 0) is 4.79 Å². The zero-order chi connectivity index (χ0) is 10.0. The van der Waals surface area contributed by atoms with Gasteiger partial charge in [-0.05, 0) is 19.3 Å². The van der Waals surface area contributed by atoms with Gasteiger partial charge in [-0.1, -0.05) is 0 Å². The minimum Gasteiger partial charge on any atom is -0.340 e. The molecule has 1 heterocycles. The van der Waals surface area contributed by atoms with E-state index in [1.54, 1.807) is 0 Å². The maximum Gasteiger partial charge on any atom is 0.243 e. The van der Waals surface area contributed by atoms with Crippen LogP contribution in [-0.4, -0.2) is 35.4 Å². The summed E-state index contributed by atoms with van der Waals surface area (Å²) in [5, 5.41) is 9.03. The molecule has 2 fully saturated rings. The zero-order valence-corrected chi connectivity index (χ0v) is 8.98. The minimum absolute atomic E-state index is 0.0894. The molecule has 0 aromatic rings. The molecule has 1 amide bonds. The number of thioether (sulfide) groups is 1. The molecule has 4 heteroatoms. The molecule has 2 rings (SSSR count). The van der Waals surface area contributed by atoms with Crippen LogP contribution in [0.2, 0.25) is 0 Å². The fraction of sp³-hybridized carbons (Fsp3) is 0.800. The van der Waals surface area contributed by atoms with Crippen molar-refractivity contribution in [2.24, 2.45) is 5.41 Å². The first-order valence-electron chi connectivity index (χ1n) is 5.07. The van der Waals surface area contributed by atoms with Crippen molar-refractivity contribution in [3.63, 3.8) is 0 Å². The first kappa shape index (κ1) is 9.85. The Labute approximate surface area is 88.4 Å². The predicted molar refractivity (Wildman–Crippen MR) is 55.8 cm³/mol. The molecule has 2 aliphatic rings. The molecule has 0 N–H and O–H groups in total. The highest BCUT2D eigenvalue weighted by Gasteiger charge is 2.46. The number of hydrogen-bond donors (Lipinski definition) is 0. The van der Waals surface area contributed by atoms with Gasteiger partial charge in [-0.2, -0.15) is 17.0 Å². The van der Waals surface area contributed by atoms with E-state index in [-0.39, 0.29) is 5.91 Å². The monoisotopic (exact) mass is 210 g/mol. The van der Waals surface area contributed by atoms with Crippen LogP contribution in [0, 0.1) is 16.7 Å². The van der Waals surface area contributed by atoms with E-state index in [2.05, 4.69) is 6.07 Å². The second-order valence-corrected chi connectivity index (χ2v) is 5.18. The molecule has 0 aromatic heterocycles. The Morgan fingerprint density at radius 1 is 1.36 bits per heavy atom. The lowest BCUT2D eigenvalue weighted by atomic mass is 9.69. The summed E-state index contributed by atoms with van der Waals surface area (Å²) >= 11 is 1.88. The van der Waals surface area contributed by atoms with Gasteiger partial charge in [0.05, 0.1) is 6.07 Å².